The highest BCUT2D eigenvalue weighted by atomic mass is 19.1. The van der Waals surface area contributed by atoms with Crippen molar-refractivity contribution in [3.05, 3.63) is 35.4 Å². The van der Waals surface area contributed by atoms with Crippen LogP contribution in [0.4, 0.5) is 4.39 Å². The minimum atomic E-state index is -0.580. The van der Waals surface area contributed by atoms with Gasteiger partial charge in [-0.1, -0.05) is 24.6 Å². The Morgan fingerprint density at radius 2 is 2.28 bits per heavy atom. The second-order valence-corrected chi connectivity index (χ2v) is 3.89. The monoisotopic (exact) mass is 245 g/mol. The van der Waals surface area contributed by atoms with E-state index in [4.69, 9.17) is 9.78 Å². The van der Waals surface area contributed by atoms with Crippen molar-refractivity contribution in [2.45, 2.75) is 26.2 Å². The van der Waals surface area contributed by atoms with Gasteiger partial charge < -0.3 is 4.52 Å². The van der Waals surface area contributed by atoms with E-state index in [1.165, 1.54) is 12.1 Å². The first-order valence-corrected chi connectivity index (χ1v) is 5.77. The number of unbranched alkanes of at least 4 members (excludes halogenated alkanes) is 1. The van der Waals surface area contributed by atoms with Crippen LogP contribution in [0.25, 0.3) is 11.5 Å². The number of halogens is 1. The van der Waals surface area contributed by atoms with Gasteiger partial charge in [0.2, 0.25) is 0 Å². The van der Waals surface area contributed by atoms with Gasteiger partial charge >= 0.3 is 0 Å². The fourth-order valence-corrected chi connectivity index (χ4v) is 1.62. The molecule has 4 nitrogen and oxygen atoms in total. The molecule has 0 spiro atoms. The van der Waals surface area contributed by atoms with Crippen LogP contribution in [0.5, 0.6) is 0 Å². The zero-order valence-electron chi connectivity index (χ0n) is 9.98. The summed E-state index contributed by atoms with van der Waals surface area (Å²) in [6.07, 6.45) is 2.72. The predicted molar refractivity (Wildman–Crippen MR) is 63.0 cm³/mol. The summed E-state index contributed by atoms with van der Waals surface area (Å²) in [7, 11) is 0. The van der Waals surface area contributed by atoms with Crippen LogP contribution in [0, 0.1) is 17.1 Å². The molecule has 0 saturated heterocycles. The molecule has 18 heavy (non-hydrogen) atoms. The smallest absolute Gasteiger partial charge is 0.259 e. The third-order valence-electron chi connectivity index (χ3n) is 2.58. The maximum absolute atomic E-state index is 13.4. The van der Waals surface area contributed by atoms with Crippen molar-refractivity contribution in [1.82, 2.24) is 10.1 Å². The quantitative estimate of drug-likeness (QED) is 0.830. The van der Waals surface area contributed by atoms with Crippen LogP contribution in [0.2, 0.25) is 0 Å². The van der Waals surface area contributed by atoms with Crippen LogP contribution in [0.3, 0.4) is 0 Å². The Morgan fingerprint density at radius 1 is 1.44 bits per heavy atom. The SMILES string of the molecule is CCCCc1noc(-c2cccc(F)c2C#N)n1. The molecule has 2 aromatic rings. The van der Waals surface area contributed by atoms with E-state index in [1.807, 2.05) is 6.07 Å². The second-order valence-electron chi connectivity index (χ2n) is 3.89. The fraction of sp³-hybridized carbons (Fsp3) is 0.308. The van der Waals surface area contributed by atoms with Gasteiger partial charge in [-0.05, 0) is 18.6 Å². The van der Waals surface area contributed by atoms with Crippen LogP contribution >= 0.6 is 0 Å². The van der Waals surface area contributed by atoms with Crippen molar-refractivity contribution in [3.63, 3.8) is 0 Å². The van der Waals surface area contributed by atoms with E-state index < -0.39 is 5.82 Å². The number of hydrogen-bond donors (Lipinski definition) is 0. The van der Waals surface area contributed by atoms with Gasteiger partial charge in [0.15, 0.2) is 5.82 Å². The van der Waals surface area contributed by atoms with Gasteiger partial charge in [0.05, 0.1) is 5.56 Å². The lowest BCUT2D eigenvalue weighted by atomic mass is 10.1. The van der Waals surface area contributed by atoms with Crippen molar-refractivity contribution in [1.29, 1.82) is 5.26 Å². The van der Waals surface area contributed by atoms with Crippen molar-refractivity contribution < 1.29 is 8.91 Å². The molecule has 0 amide bonds. The second kappa shape index (κ2) is 5.41. The average Bonchev–Trinajstić information content (AvgIpc) is 2.84. The van der Waals surface area contributed by atoms with Crippen LogP contribution in [0.15, 0.2) is 22.7 Å². The highest BCUT2D eigenvalue weighted by Gasteiger charge is 2.15. The molecule has 0 N–H and O–H groups in total. The number of aromatic nitrogens is 2. The number of hydrogen-bond acceptors (Lipinski definition) is 4. The first-order chi connectivity index (χ1) is 8.76. The molecule has 0 fully saturated rings. The number of nitrogens with zero attached hydrogens (tertiary/aromatic N) is 3. The van der Waals surface area contributed by atoms with E-state index in [0.29, 0.717) is 11.4 Å². The van der Waals surface area contributed by atoms with E-state index in [-0.39, 0.29) is 11.5 Å². The lowest BCUT2D eigenvalue weighted by Gasteiger charge is -1.98. The summed E-state index contributed by atoms with van der Waals surface area (Å²) in [5.41, 5.74) is 0.274. The minimum absolute atomic E-state index is 0.0665. The highest BCUT2D eigenvalue weighted by Crippen LogP contribution is 2.23. The molecule has 1 aromatic carbocycles. The first-order valence-electron chi connectivity index (χ1n) is 5.77. The van der Waals surface area contributed by atoms with E-state index in [9.17, 15) is 4.39 Å². The molecule has 1 aromatic heterocycles. The fourth-order valence-electron chi connectivity index (χ4n) is 1.62. The largest absolute Gasteiger partial charge is 0.334 e. The Labute approximate surface area is 104 Å². The Morgan fingerprint density at radius 3 is 3.00 bits per heavy atom. The predicted octanol–water partition coefficient (Wildman–Crippen LogP) is 3.09. The van der Waals surface area contributed by atoms with E-state index in [0.717, 1.165) is 19.3 Å². The summed E-state index contributed by atoms with van der Waals surface area (Å²) < 4.78 is 18.5. The van der Waals surface area contributed by atoms with Crippen LogP contribution in [-0.2, 0) is 6.42 Å². The average molecular weight is 245 g/mol. The lowest BCUT2D eigenvalue weighted by molar-refractivity contribution is 0.421. The van der Waals surface area contributed by atoms with Gasteiger partial charge in [0.25, 0.3) is 5.89 Å². The third-order valence-corrected chi connectivity index (χ3v) is 2.58. The highest BCUT2D eigenvalue weighted by molar-refractivity contribution is 5.63. The summed E-state index contributed by atoms with van der Waals surface area (Å²) in [4.78, 5) is 4.17. The summed E-state index contributed by atoms with van der Waals surface area (Å²) >= 11 is 0. The summed E-state index contributed by atoms with van der Waals surface area (Å²) in [6, 6.07) is 6.16. The number of rotatable bonds is 4. The van der Waals surface area contributed by atoms with Crippen molar-refractivity contribution >= 4 is 0 Å². The van der Waals surface area contributed by atoms with Gasteiger partial charge in [-0.2, -0.15) is 10.2 Å². The van der Waals surface area contributed by atoms with Gasteiger partial charge in [0, 0.05) is 6.42 Å². The summed E-state index contributed by atoms with van der Waals surface area (Å²) in [6.45, 7) is 2.07. The van der Waals surface area contributed by atoms with E-state index >= 15 is 0 Å². The Balaban J connectivity index is 2.35. The van der Waals surface area contributed by atoms with Crippen molar-refractivity contribution in [2.24, 2.45) is 0 Å². The van der Waals surface area contributed by atoms with E-state index in [2.05, 4.69) is 17.1 Å². The van der Waals surface area contributed by atoms with Gasteiger partial charge in [0.1, 0.15) is 17.4 Å². The van der Waals surface area contributed by atoms with Crippen LogP contribution in [0.1, 0.15) is 31.2 Å². The molecule has 0 aliphatic rings. The zero-order valence-corrected chi connectivity index (χ0v) is 9.98. The number of benzene rings is 1. The summed E-state index contributed by atoms with van der Waals surface area (Å²) in [5.74, 6) is 0.195. The molecule has 0 atom stereocenters. The molecule has 0 radical (unpaired) electrons. The number of nitriles is 1. The van der Waals surface area contributed by atoms with Crippen molar-refractivity contribution in [2.75, 3.05) is 0 Å². The van der Waals surface area contributed by atoms with Gasteiger partial charge in [-0.3, -0.25) is 0 Å². The molecule has 92 valence electrons. The van der Waals surface area contributed by atoms with Gasteiger partial charge in [-0.25, -0.2) is 4.39 Å². The first kappa shape index (κ1) is 12.2. The lowest BCUT2D eigenvalue weighted by Crippen LogP contribution is -1.90. The topological polar surface area (TPSA) is 62.7 Å². The maximum Gasteiger partial charge on any atom is 0.259 e. The molecular weight excluding hydrogens is 233 g/mol. The third kappa shape index (κ3) is 2.38. The molecule has 5 heteroatoms. The number of aryl methyl sites for hydroxylation is 1. The van der Waals surface area contributed by atoms with Crippen LogP contribution in [-0.4, -0.2) is 10.1 Å². The van der Waals surface area contributed by atoms with Crippen molar-refractivity contribution in [3.8, 4) is 17.5 Å². The Kier molecular flexibility index (Phi) is 3.68. The molecule has 0 aliphatic heterocycles. The summed E-state index contributed by atoms with van der Waals surface area (Å²) in [5, 5.41) is 12.7. The molecule has 0 aliphatic carbocycles. The van der Waals surface area contributed by atoms with E-state index in [1.54, 1.807) is 6.07 Å². The molecule has 2 rings (SSSR count). The Hall–Kier alpha value is -2.22. The molecule has 0 saturated carbocycles. The zero-order chi connectivity index (χ0) is 13.0. The molecular formula is C13H12FN3O. The molecule has 1 heterocycles. The Bertz CT molecular complexity index is 586. The van der Waals surface area contributed by atoms with Crippen LogP contribution < -0.4 is 0 Å². The molecule has 0 unspecified atom stereocenters. The minimum Gasteiger partial charge on any atom is -0.334 e. The molecule has 0 bridgehead atoms. The normalized spacial score (nSPS) is 10.3. The maximum atomic E-state index is 13.4. The van der Waals surface area contributed by atoms with Gasteiger partial charge in [-0.15, -0.1) is 0 Å². The standard InChI is InChI=1S/C13H12FN3O/c1-2-3-7-12-16-13(18-17-12)9-5-4-6-11(14)10(9)8-15/h4-6H,2-3,7H2,1H3.